The van der Waals surface area contributed by atoms with Gasteiger partial charge in [0.2, 0.25) is 0 Å². The maximum Gasteiger partial charge on any atom is 0.410 e. The molecule has 1 N–H and O–H groups in total. The van der Waals surface area contributed by atoms with Crippen molar-refractivity contribution in [3.05, 3.63) is 29.8 Å². The van der Waals surface area contributed by atoms with Crippen LogP contribution in [0.2, 0.25) is 0 Å². The molecule has 0 bridgehead atoms. The molecule has 1 aromatic carbocycles. The molecule has 0 atom stereocenters. The predicted octanol–water partition coefficient (Wildman–Crippen LogP) is 3.42. The highest BCUT2D eigenvalue weighted by Crippen LogP contribution is 2.39. The number of oxime groups is 1. The van der Waals surface area contributed by atoms with Crippen molar-refractivity contribution in [2.75, 3.05) is 13.1 Å². The number of ether oxygens (including phenoxy) is 2. The van der Waals surface area contributed by atoms with Crippen LogP contribution >= 0.6 is 0 Å². The normalized spacial score (nSPS) is 21.3. The number of piperidine rings is 1. The van der Waals surface area contributed by atoms with E-state index in [2.05, 4.69) is 5.16 Å². The number of carbonyl (C=O) groups is 1. The minimum Gasteiger partial charge on any atom is -0.486 e. The van der Waals surface area contributed by atoms with Crippen LogP contribution in [0.3, 0.4) is 0 Å². The topological polar surface area (TPSA) is 71.4 Å². The lowest BCUT2D eigenvalue weighted by molar-refractivity contribution is -0.0169. The Kier molecular flexibility index (Phi) is 4.15. The summed E-state index contributed by atoms with van der Waals surface area (Å²) >= 11 is 0. The zero-order chi connectivity index (χ0) is 17.4. The van der Waals surface area contributed by atoms with Crippen LogP contribution in [-0.4, -0.2) is 46.2 Å². The second kappa shape index (κ2) is 6.00. The van der Waals surface area contributed by atoms with Gasteiger partial charge < -0.3 is 19.6 Å². The van der Waals surface area contributed by atoms with Crippen LogP contribution in [-0.2, 0) is 4.74 Å². The monoisotopic (exact) mass is 332 g/mol. The van der Waals surface area contributed by atoms with E-state index >= 15 is 0 Å². The quantitative estimate of drug-likeness (QED) is 0.584. The van der Waals surface area contributed by atoms with Gasteiger partial charge in [0, 0.05) is 37.9 Å². The van der Waals surface area contributed by atoms with E-state index < -0.39 is 11.2 Å². The molecule has 1 amide bonds. The summed E-state index contributed by atoms with van der Waals surface area (Å²) in [5.74, 6) is 0.738. The zero-order valence-electron chi connectivity index (χ0n) is 14.4. The van der Waals surface area contributed by atoms with Crippen LogP contribution in [0.4, 0.5) is 4.79 Å². The number of fused-ring (bicyclic) bond motifs is 1. The number of carbonyl (C=O) groups excluding carboxylic acids is 1. The van der Waals surface area contributed by atoms with Crippen LogP contribution in [0, 0.1) is 0 Å². The third-order valence-electron chi connectivity index (χ3n) is 4.46. The van der Waals surface area contributed by atoms with Crippen molar-refractivity contribution in [1.29, 1.82) is 0 Å². The molecule has 0 saturated carbocycles. The molecule has 0 aliphatic carbocycles. The molecule has 6 heteroatoms. The number of para-hydroxylation sites is 1. The van der Waals surface area contributed by atoms with Crippen molar-refractivity contribution in [1.82, 2.24) is 4.90 Å². The molecule has 0 unspecified atom stereocenters. The Morgan fingerprint density at radius 2 is 1.96 bits per heavy atom. The molecular formula is C18H24N2O4. The Morgan fingerprint density at radius 3 is 2.58 bits per heavy atom. The van der Waals surface area contributed by atoms with E-state index in [9.17, 15) is 10.0 Å². The molecule has 2 aliphatic rings. The highest BCUT2D eigenvalue weighted by molar-refractivity contribution is 6.04. The largest absolute Gasteiger partial charge is 0.486 e. The van der Waals surface area contributed by atoms with Crippen molar-refractivity contribution >= 4 is 11.8 Å². The molecular weight excluding hydrogens is 308 g/mol. The van der Waals surface area contributed by atoms with Gasteiger partial charge in [-0.2, -0.15) is 0 Å². The Labute approximate surface area is 142 Å². The maximum absolute atomic E-state index is 12.2. The molecule has 1 aromatic rings. The summed E-state index contributed by atoms with van der Waals surface area (Å²) in [5.41, 5.74) is 0.556. The van der Waals surface area contributed by atoms with E-state index in [1.165, 1.54) is 0 Å². The number of amides is 1. The molecule has 2 aliphatic heterocycles. The van der Waals surface area contributed by atoms with E-state index in [1.54, 1.807) is 4.90 Å². The van der Waals surface area contributed by atoms with E-state index in [1.807, 2.05) is 45.0 Å². The highest BCUT2D eigenvalue weighted by atomic mass is 16.6. The molecule has 0 aromatic heterocycles. The number of hydrogen-bond acceptors (Lipinski definition) is 5. The number of nitrogens with zero attached hydrogens (tertiary/aromatic N) is 2. The summed E-state index contributed by atoms with van der Waals surface area (Å²) in [4.78, 5) is 13.9. The Hall–Kier alpha value is -2.24. The van der Waals surface area contributed by atoms with Crippen molar-refractivity contribution in [2.45, 2.75) is 51.2 Å². The average molecular weight is 332 g/mol. The van der Waals surface area contributed by atoms with Crippen LogP contribution in [0.15, 0.2) is 29.4 Å². The molecule has 6 nitrogen and oxygen atoms in total. The predicted molar refractivity (Wildman–Crippen MR) is 89.8 cm³/mol. The Bertz CT molecular complexity index is 655. The van der Waals surface area contributed by atoms with Gasteiger partial charge in [-0.25, -0.2) is 4.79 Å². The fourth-order valence-corrected chi connectivity index (χ4v) is 3.26. The summed E-state index contributed by atoms with van der Waals surface area (Å²) in [5, 5.41) is 12.8. The third kappa shape index (κ3) is 3.32. The maximum atomic E-state index is 12.2. The van der Waals surface area contributed by atoms with Crippen molar-refractivity contribution < 1.29 is 19.5 Å². The fourth-order valence-electron chi connectivity index (χ4n) is 3.26. The Balaban J connectivity index is 1.71. The SMILES string of the molecule is CC(C)(C)OC(=O)N1CCC2(CC1)CC(=NO)c1ccccc1O2. The number of hydrogen-bond donors (Lipinski definition) is 1. The molecule has 2 heterocycles. The van der Waals surface area contributed by atoms with Crippen LogP contribution in [0.25, 0.3) is 0 Å². The molecule has 1 spiro atoms. The van der Waals surface area contributed by atoms with Crippen LogP contribution in [0.1, 0.15) is 45.6 Å². The van der Waals surface area contributed by atoms with Crippen molar-refractivity contribution in [3.8, 4) is 5.75 Å². The van der Waals surface area contributed by atoms with Crippen molar-refractivity contribution in [3.63, 3.8) is 0 Å². The molecule has 1 saturated heterocycles. The standard InChI is InChI=1S/C18H24N2O4/c1-17(2,3)24-16(21)20-10-8-18(9-11-20)12-14(19-22)13-6-4-5-7-15(13)23-18/h4-7,22H,8-12H2,1-3H3. The first-order valence-electron chi connectivity index (χ1n) is 8.29. The summed E-state index contributed by atoms with van der Waals surface area (Å²) in [6.45, 7) is 6.72. The highest BCUT2D eigenvalue weighted by Gasteiger charge is 2.43. The molecule has 1 fully saturated rings. The van der Waals surface area contributed by atoms with Gasteiger partial charge in [-0.3, -0.25) is 0 Å². The van der Waals surface area contributed by atoms with E-state index in [4.69, 9.17) is 9.47 Å². The molecule has 24 heavy (non-hydrogen) atoms. The lowest BCUT2D eigenvalue weighted by Gasteiger charge is -2.44. The van der Waals surface area contributed by atoms with E-state index in [0.29, 0.717) is 38.1 Å². The number of rotatable bonds is 0. The summed E-state index contributed by atoms with van der Waals surface area (Å²) in [6, 6.07) is 7.59. The van der Waals surface area contributed by atoms with Crippen molar-refractivity contribution in [2.24, 2.45) is 5.16 Å². The molecule has 0 radical (unpaired) electrons. The minimum atomic E-state index is -0.497. The summed E-state index contributed by atoms with van der Waals surface area (Å²) in [6.07, 6.45) is 1.62. The lowest BCUT2D eigenvalue weighted by atomic mass is 9.82. The smallest absolute Gasteiger partial charge is 0.410 e. The second-order valence-corrected chi connectivity index (χ2v) is 7.47. The van der Waals surface area contributed by atoms with Crippen LogP contribution in [0.5, 0.6) is 5.75 Å². The van der Waals surface area contributed by atoms with Crippen LogP contribution < -0.4 is 4.74 Å². The van der Waals surface area contributed by atoms with Gasteiger partial charge in [0.05, 0.1) is 5.71 Å². The average Bonchev–Trinajstić information content (AvgIpc) is 2.53. The first-order valence-corrected chi connectivity index (χ1v) is 8.29. The van der Waals surface area contributed by atoms with Gasteiger partial charge in [0.1, 0.15) is 17.0 Å². The number of likely N-dealkylation sites (tertiary alicyclic amines) is 1. The summed E-state index contributed by atoms with van der Waals surface area (Å²) in [7, 11) is 0. The summed E-state index contributed by atoms with van der Waals surface area (Å²) < 4.78 is 11.7. The fraction of sp³-hybridized carbons (Fsp3) is 0.556. The third-order valence-corrected chi connectivity index (χ3v) is 4.46. The first kappa shape index (κ1) is 16.6. The molecule has 130 valence electrons. The minimum absolute atomic E-state index is 0.287. The van der Waals surface area contributed by atoms with Gasteiger partial charge in [0.15, 0.2) is 0 Å². The van der Waals surface area contributed by atoms with E-state index in [-0.39, 0.29) is 6.09 Å². The second-order valence-electron chi connectivity index (χ2n) is 7.47. The number of benzene rings is 1. The van der Waals surface area contributed by atoms with Gasteiger partial charge in [-0.05, 0) is 32.9 Å². The Morgan fingerprint density at radius 1 is 1.29 bits per heavy atom. The van der Waals surface area contributed by atoms with Gasteiger partial charge in [-0.15, -0.1) is 0 Å². The molecule has 3 rings (SSSR count). The van der Waals surface area contributed by atoms with Gasteiger partial charge in [0.25, 0.3) is 0 Å². The van der Waals surface area contributed by atoms with Gasteiger partial charge in [-0.1, -0.05) is 17.3 Å². The van der Waals surface area contributed by atoms with E-state index in [0.717, 1.165) is 11.3 Å². The lowest BCUT2D eigenvalue weighted by Crippen LogP contribution is -2.53. The zero-order valence-corrected chi connectivity index (χ0v) is 14.4. The first-order chi connectivity index (χ1) is 11.3. The van der Waals surface area contributed by atoms with Gasteiger partial charge >= 0.3 is 6.09 Å².